The molecule has 0 saturated heterocycles. The van der Waals surface area contributed by atoms with Crippen molar-refractivity contribution in [3.63, 3.8) is 0 Å². The van der Waals surface area contributed by atoms with Crippen LogP contribution in [0.2, 0.25) is 0 Å². The molecule has 0 radical (unpaired) electrons. The van der Waals surface area contributed by atoms with Gasteiger partial charge in [0.25, 0.3) is 0 Å². The standard InChI is InChI=1S/C18H13F2N3OS/c1-23-16-5-3-2-4-15(16)22-18(23)25-10-12-9-24-17(21-12)11-6-7-13(19)14(20)8-11/h2-9H,10H2,1H3. The lowest BCUT2D eigenvalue weighted by Crippen LogP contribution is -1.91. The normalized spacial score (nSPS) is 11.3. The molecule has 0 bridgehead atoms. The van der Waals surface area contributed by atoms with Crippen LogP contribution in [0.3, 0.4) is 0 Å². The first-order chi connectivity index (χ1) is 12.1. The number of nitrogens with zero attached hydrogens (tertiary/aromatic N) is 3. The number of aryl methyl sites for hydroxylation is 1. The molecule has 0 aliphatic carbocycles. The Morgan fingerprint density at radius 1 is 1.08 bits per heavy atom. The van der Waals surface area contributed by atoms with Crippen molar-refractivity contribution in [3.05, 3.63) is 66.1 Å². The van der Waals surface area contributed by atoms with E-state index in [0.29, 0.717) is 17.0 Å². The number of benzene rings is 2. The van der Waals surface area contributed by atoms with Gasteiger partial charge in [-0.1, -0.05) is 23.9 Å². The zero-order chi connectivity index (χ0) is 17.4. The summed E-state index contributed by atoms with van der Waals surface area (Å²) in [6.07, 6.45) is 1.52. The second-order valence-electron chi connectivity index (χ2n) is 5.50. The molecule has 0 atom stereocenters. The summed E-state index contributed by atoms with van der Waals surface area (Å²) in [5.74, 6) is -0.997. The van der Waals surface area contributed by atoms with Gasteiger partial charge in [-0.15, -0.1) is 0 Å². The van der Waals surface area contributed by atoms with Crippen LogP contribution < -0.4 is 0 Å². The number of hydrogen-bond acceptors (Lipinski definition) is 4. The van der Waals surface area contributed by atoms with E-state index >= 15 is 0 Å². The minimum absolute atomic E-state index is 0.263. The Bertz CT molecular complexity index is 1060. The largest absolute Gasteiger partial charge is 0.444 e. The average molecular weight is 357 g/mol. The van der Waals surface area contributed by atoms with E-state index in [9.17, 15) is 8.78 Å². The van der Waals surface area contributed by atoms with Crippen LogP contribution in [0.1, 0.15) is 5.69 Å². The third-order valence-electron chi connectivity index (χ3n) is 3.81. The Hall–Kier alpha value is -2.67. The van der Waals surface area contributed by atoms with Gasteiger partial charge in [-0.3, -0.25) is 0 Å². The predicted octanol–water partition coefficient (Wildman–Crippen LogP) is 4.80. The number of rotatable bonds is 4. The summed E-state index contributed by atoms with van der Waals surface area (Å²) in [5, 5.41) is 0.874. The van der Waals surface area contributed by atoms with Crippen LogP contribution in [0, 0.1) is 11.6 Å². The maximum Gasteiger partial charge on any atom is 0.226 e. The second kappa shape index (κ2) is 6.33. The molecule has 0 fully saturated rings. The number of fused-ring (bicyclic) bond motifs is 1. The van der Waals surface area contributed by atoms with Crippen LogP contribution in [-0.4, -0.2) is 14.5 Å². The first kappa shape index (κ1) is 15.8. The fourth-order valence-corrected chi connectivity index (χ4v) is 3.39. The number of para-hydroxylation sites is 2. The summed E-state index contributed by atoms with van der Waals surface area (Å²) in [6.45, 7) is 0. The van der Waals surface area contributed by atoms with Crippen LogP contribution in [0.15, 0.2) is 58.3 Å². The van der Waals surface area contributed by atoms with Crippen molar-refractivity contribution < 1.29 is 13.2 Å². The minimum Gasteiger partial charge on any atom is -0.444 e. The Labute approximate surface area is 146 Å². The molecule has 0 amide bonds. The summed E-state index contributed by atoms with van der Waals surface area (Å²) < 4.78 is 33.7. The summed E-state index contributed by atoms with van der Waals surface area (Å²) in [7, 11) is 1.97. The van der Waals surface area contributed by atoms with Gasteiger partial charge in [0.05, 0.1) is 16.7 Å². The highest BCUT2D eigenvalue weighted by Crippen LogP contribution is 2.27. The summed E-state index contributed by atoms with van der Waals surface area (Å²) in [6, 6.07) is 11.5. The molecule has 2 aromatic heterocycles. The molecule has 126 valence electrons. The number of thioether (sulfide) groups is 1. The highest BCUT2D eigenvalue weighted by atomic mass is 32.2. The molecule has 4 aromatic rings. The quantitative estimate of drug-likeness (QED) is 0.492. The molecule has 2 heterocycles. The number of oxazole rings is 1. The smallest absolute Gasteiger partial charge is 0.226 e. The van der Waals surface area contributed by atoms with Gasteiger partial charge in [0.2, 0.25) is 5.89 Å². The van der Waals surface area contributed by atoms with E-state index in [2.05, 4.69) is 9.97 Å². The van der Waals surface area contributed by atoms with Crippen LogP contribution in [0.5, 0.6) is 0 Å². The molecule has 0 spiro atoms. The Morgan fingerprint density at radius 3 is 2.72 bits per heavy atom. The van der Waals surface area contributed by atoms with E-state index in [0.717, 1.165) is 28.3 Å². The molecule has 25 heavy (non-hydrogen) atoms. The van der Waals surface area contributed by atoms with Gasteiger partial charge < -0.3 is 8.98 Å². The van der Waals surface area contributed by atoms with E-state index in [1.54, 1.807) is 0 Å². The summed E-state index contributed by atoms with van der Waals surface area (Å²) >= 11 is 1.54. The minimum atomic E-state index is -0.925. The van der Waals surface area contributed by atoms with Gasteiger partial charge in [-0.25, -0.2) is 18.7 Å². The summed E-state index contributed by atoms with van der Waals surface area (Å²) in [5.41, 5.74) is 3.11. The van der Waals surface area contributed by atoms with Crippen molar-refractivity contribution in [1.29, 1.82) is 0 Å². The molecular formula is C18H13F2N3OS. The maximum absolute atomic E-state index is 13.3. The molecule has 4 rings (SSSR count). The zero-order valence-electron chi connectivity index (χ0n) is 13.2. The fourth-order valence-electron chi connectivity index (χ4n) is 2.53. The molecule has 0 unspecified atom stereocenters. The van der Waals surface area contributed by atoms with Crippen LogP contribution in [0.25, 0.3) is 22.5 Å². The number of hydrogen-bond donors (Lipinski definition) is 0. The molecule has 0 N–H and O–H groups in total. The van der Waals surface area contributed by atoms with Gasteiger partial charge >= 0.3 is 0 Å². The monoisotopic (exact) mass is 357 g/mol. The Kier molecular flexibility index (Phi) is 4.01. The van der Waals surface area contributed by atoms with E-state index in [4.69, 9.17) is 4.42 Å². The SMILES string of the molecule is Cn1c(SCc2coc(-c3ccc(F)c(F)c3)n2)nc2ccccc21. The Balaban J connectivity index is 1.52. The van der Waals surface area contributed by atoms with Crippen LogP contribution in [-0.2, 0) is 12.8 Å². The lowest BCUT2D eigenvalue weighted by atomic mass is 10.2. The highest BCUT2D eigenvalue weighted by molar-refractivity contribution is 7.98. The van der Waals surface area contributed by atoms with Crippen LogP contribution >= 0.6 is 11.8 Å². The third kappa shape index (κ3) is 3.02. The second-order valence-corrected chi connectivity index (χ2v) is 6.45. The van der Waals surface area contributed by atoms with Crippen molar-refractivity contribution in [2.75, 3.05) is 0 Å². The molecule has 0 aliphatic heterocycles. The molecule has 4 nitrogen and oxygen atoms in total. The summed E-state index contributed by atoms with van der Waals surface area (Å²) in [4.78, 5) is 8.93. The van der Waals surface area contributed by atoms with Crippen molar-refractivity contribution in [1.82, 2.24) is 14.5 Å². The average Bonchev–Trinajstić information content (AvgIpc) is 3.21. The lowest BCUT2D eigenvalue weighted by molar-refractivity contribution is 0.507. The van der Waals surface area contributed by atoms with E-state index in [1.807, 2.05) is 35.9 Å². The van der Waals surface area contributed by atoms with Gasteiger partial charge in [0.1, 0.15) is 6.26 Å². The van der Waals surface area contributed by atoms with E-state index < -0.39 is 11.6 Å². The number of imidazole rings is 1. The Morgan fingerprint density at radius 2 is 1.92 bits per heavy atom. The fraction of sp³-hybridized carbons (Fsp3) is 0.111. The molecule has 7 heteroatoms. The van der Waals surface area contributed by atoms with E-state index in [-0.39, 0.29) is 5.89 Å². The lowest BCUT2D eigenvalue weighted by Gasteiger charge is -2.00. The first-order valence-electron chi connectivity index (χ1n) is 7.56. The van der Waals surface area contributed by atoms with Crippen molar-refractivity contribution >= 4 is 22.8 Å². The van der Waals surface area contributed by atoms with E-state index in [1.165, 1.54) is 24.1 Å². The molecular weight excluding hydrogens is 344 g/mol. The van der Waals surface area contributed by atoms with Gasteiger partial charge in [0, 0.05) is 18.4 Å². The predicted molar refractivity (Wildman–Crippen MR) is 92.1 cm³/mol. The van der Waals surface area contributed by atoms with Crippen LogP contribution in [0.4, 0.5) is 8.78 Å². The van der Waals surface area contributed by atoms with Gasteiger partial charge in [-0.05, 0) is 30.3 Å². The number of halogens is 2. The maximum atomic E-state index is 13.3. The molecule has 0 aliphatic rings. The number of aromatic nitrogens is 3. The third-order valence-corrected chi connectivity index (χ3v) is 4.88. The molecule has 2 aromatic carbocycles. The molecule has 0 saturated carbocycles. The van der Waals surface area contributed by atoms with Crippen molar-refractivity contribution in [2.24, 2.45) is 7.05 Å². The van der Waals surface area contributed by atoms with Gasteiger partial charge in [-0.2, -0.15) is 0 Å². The first-order valence-corrected chi connectivity index (χ1v) is 8.54. The topological polar surface area (TPSA) is 43.9 Å². The van der Waals surface area contributed by atoms with Gasteiger partial charge in [0.15, 0.2) is 16.8 Å². The van der Waals surface area contributed by atoms with Crippen molar-refractivity contribution in [3.8, 4) is 11.5 Å². The highest BCUT2D eigenvalue weighted by Gasteiger charge is 2.12. The van der Waals surface area contributed by atoms with Crippen molar-refractivity contribution in [2.45, 2.75) is 10.9 Å². The zero-order valence-corrected chi connectivity index (χ0v) is 14.1.